The van der Waals surface area contributed by atoms with Crippen LogP contribution in [0.4, 0.5) is 8.78 Å². The summed E-state index contributed by atoms with van der Waals surface area (Å²) in [5.41, 5.74) is 1.18. The number of rotatable bonds is 4. The van der Waals surface area contributed by atoms with Gasteiger partial charge >= 0.3 is 0 Å². The third kappa shape index (κ3) is 4.61. The van der Waals surface area contributed by atoms with Crippen LogP contribution in [0, 0.1) is 6.92 Å². The van der Waals surface area contributed by atoms with E-state index in [0.29, 0.717) is 13.2 Å². The summed E-state index contributed by atoms with van der Waals surface area (Å²) in [6.07, 6.45) is 0. The molecule has 0 unspecified atom stereocenters. The van der Waals surface area contributed by atoms with Gasteiger partial charge in [0.05, 0.1) is 13.1 Å². The van der Waals surface area contributed by atoms with Crippen LogP contribution in [0.1, 0.15) is 19.4 Å². The molecule has 0 bridgehead atoms. The quantitative estimate of drug-likeness (QED) is 0.820. The van der Waals surface area contributed by atoms with Crippen LogP contribution < -0.4 is 4.74 Å². The normalized spacial score (nSPS) is 17.4. The number of likely N-dealkylation sites (tertiary alicyclic amines) is 1. The van der Waals surface area contributed by atoms with Gasteiger partial charge in [-0.3, -0.25) is 4.90 Å². The molecule has 1 aliphatic heterocycles. The molecule has 102 valence electrons. The molecular formula is C14H21F2NO. The molecule has 0 spiro atoms. The van der Waals surface area contributed by atoms with Gasteiger partial charge in [0.2, 0.25) is 0 Å². The zero-order valence-corrected chi connectivity index (χ0v) is 11.2. The number of aryl methyl sites for hydroxylation is 1. The molecule has 4 heteroatoms. The topological polar surface area (TPSA) is 12.5 Å². The van der Waals surface area contributed by atoms with Crippen molar-refractivity contribution in [1.29, 1.82) is 0 Å². The average molecular weight is 257 g/mol. The lowest BCUT2D eigenvalue weighted by molar-refractivity contribution is -0.132. The van der Waals surface area contributed by atoms with Crippen molar-refractivity contribution in [1.82, 2.24) is 4.90 Å². The van der Waals surface area contributed by atoms with E-state index in [4.69, 9.17) is 4.74 Å². The van der Waals surface area contributed by atoms with Gasteiger partial charge in [0.15, 0.2) is 0 Å². The maximum Gasteiger partial charge on any atom is 0.272 e. The molecule has 2 nitrogen and oxygen atoms in total. The fourth-order valence-corrected chi connectivity index (χ4v) is 1.69. The van der Waals surface area contributed by atoms with Gasteiger partial charge in [-0.05, 0) is 19.1 Å². The van der Waals surface area contributed by atoms with Gasteiger partial charge in [0, 0.05) is 6.54 Å². The monoisotopic (exact) mass is 257 g/mol. The lowest BCUT2D eigenvalue weighted by Gasteiger charge is -2.38. The Morgan fingerprint density at radius 1 is 1.17 bits per heavy atom. The second-order valence-electron chi connectivity index (χ2n) is 4.23. The molecule has 0 amide bonds. The van der Waals surface area contributed by atoms with Crippen LogP contribution in [0.3, 0.4) is 0 Å². The number of benzene rings is 1. The molecule has 18 heavy (non-hydrogen) atoms. The minimum atomic E-state index is -2.48. The highest BCUT2D eigenvalue weighted by Crippen LogP contribution is 2.25. The molecule has 2 rings (SSSR count). The van der Waals surface area contributed by atoms with Crippen LogP contribution >= 0.6 is 0 Å². The molecule has 0 aliphatic carbocycles. The Morgan fingerprint density at radius 3 is 2.22 bits per heavy atom. The fourth-order valence-electron chi connectivity index (χ4n) is 1.69. The fraction of sp³-hybridized carbons (Fsp3) is 0.571. The molecule has 0 aromatic heterocycles. The molecule has 0 N–H and O–H groups in total. The summed E-state index contributed by atoms with van der Waals surface area (Å²) in [5, 5.41) is 0. The Labute approximate surface area is 108 Å². The van der Waals surface area contributed by atoms with Crippen molar-refractivity contribution in [3.63, 3.8) is 0 Å². The molecule has 1 aromatic carbocycles. The van der Waals surface area contributed by atoms with Crippen molar-refractivity contribution in [2.24, 2.45) is 0 Å². The van der Waals surface area contributed by atoms with Gasteiger partial charge in [0.25, 0.3) is 5.92 Å². The van der Waals surface area contributed by atoms with Gasteiger partial charge in [-0.15, -0.1) is 0 Å². The van der Waals surface area contributed by atoms with Crippen LogP contribution in [0.5, 0.6) is 5.75 Å². The lowest BCUT2D eigenvalue weighted by atomic mass is 10.1. The maximum absolute atomic E-state index is 12.5. The molecule has 1 saturated heterocycles. The van der Waals surface area contributed by atoms with Crippen LogP contribution in [0.25, 0.3) is 0 Å². The van der Waals surface area contributed by atoms with Crippen molar-refractivity contribution in [2.75, 3.05) is 26.2 Å². The van der Waals surface area contributed by atoms with Crippen molar-refractivity contribution in [2.45, 2.75) is 26.7 Å². The summed E-state index contributed by atoms with van der Waals surface area (Å²) in [7, 11) is 0. The first-order valence-electron chi connectivity index (χ1n) is 6.35. The molecular weight excluding hydrogens is 236 g/mol. The van der Waals surface area contributed by atoms with Crippen molar-refractivity contribution in [3.8, 4) is 5.75 Å². The highest BCUT2D eigenvalue weighted by Gasteiger charge is 2.43. The minimum Gasteiger partial charge on any atom is -0.492 e. The first kappa shape index (κ1) is 14.9. The minimum absolute atomic E-state index is 0.135. The van der Waals surface area contributed by atoms with E-state index in [9.17, 15) is 8.78 Å². The summed E-state index contributed by atoms with van der Waals surface area (Å²) in [6.45, 7) is 6.75. The predicted molar refractivity (Wildman–Crippen MR) is 69.4 cm³/mol. The van der Waals surface area contributed by atoms with E-state index >= 15 is 0 Å². The van der Waals surface area contributed by atoms with E-state index in [2.05, 4.69) is 0 Å². The second kappa shape index (κ2) is 6.69. The molecule has 0 saturated carbocycles. The zero-order valence-electron chi connectivity index (χ0n) is 11.2. The van der Waals surface area contributed by atoms with E-state index in [-0.39, 0.29) is 13.1 Å². The Balaban J connectivity index is 0.000000771. The standard InChI is InChI=1S/C12H15F2NO.C2H6/c1-10-2-4-11(5-3-10)16-7-6-15-8-12(13,14)9-15;1-2/h2-5H,6-9H2,1H3;1-2H3. The largest absolute Gasteiger partial charge is 0.492 e. The molecule has 1 aliphatic rings. The molecule has 1 aromatic rings. The van der Waals surface area contributed by atoms with Crippen molar-refractivity contribution >= 4 is 0 Å². The van der Waals surface area contributed by atoms with Crippen molar-refractivity contribution in [3.05, 3.63) is 29.8 Å². The number of nitrogens with zero attached hydrogens (tertiary/aromatic N) is 1. The van der Waals surface area contributed by atoms with E-state index in [1.165, 1.54) is 5.56 Å². The summed E-state index contributed by atoms with van der Waals surface area (Å²) in [6, 6.07) is 7.71. The van der Waals surface area contributed by atoms with Gasteiger partial charge in [-0.25, -0.2) is 8.78 Å². The first-order valence-corrected chi connectivity index (χ1v) is 6.35. The Morgan fingerprint density at radius 2 is 1.72 bits per heavy atom. The van der Waals surface area contributed by atoms with Gasteiger partial charge in [0.1, 0.15) is 12.4 Å². The summed E-state index contributed by atoms with van der Waals surface area (Å²) >= 11 is 0. The van der Waals surface area contributed by atoms with Gasteiger partial charge in [-0.1, -0.05) is 31.5 Å². The van der Waals surface area contributed by atoms with E-state index in [0.717, 1.165) is 5.75 Å². The van der Waals surface area contributed by atoms with Gasteiger partial charge in [-0.2, -0.15) is 0 Å². The Hall–Kier alpha value is -1.16. The van der Waals surface area contributed by atoms with Crippen LogP contribution in [0.2, 0.25) is 0 Å². The zero-order chi connectivity index (χ0) is 13.6. The number of hydrogen-bond donors (Lipinski definition) is 0. The number of halogens is 2. The molecule has 0 atom stereocenters. The van der Waals surface area contributed by atoms with Crippen LogP contribution in [0.15, 0.2) is 24.3 Å². The third-order valence-electron chi connectivity index (χ3n) is 2.61. The Kier molecular flexibility index (Phi) is 5.54. The molecule has 0 radical (unpaired) electrons. The maximum atomic E-state index is 12.5. The average Bonchev–Trinajstić information content (AvgIpc) is 2.32. The van der Waals surface area contributed by atoms with E-state index in [1.54, 1.807) is 4.90 Å². The lowest BCUT2D eigenvalue weighted by Crippen LogP contribution is -2.56. The highest BCUT2D eigenvalue weighted by molar-refractivity contribution is 5.26. The predicted octanol–water partition coefficient (Wildman–Crippen LogP) is 3.35. The van der Waals surface area contributed by atoms with Gasteiger partial charge < -0.3 is 4.74 Å². The van der Waals surface area contributed by atoms with Crippen molar-refractivity contribution < 1.29 is 13.5 Å². The number of hydrogen-bond acceptors (Lipinski definition) is 2. The number of ether oxygens (including phenoxy) is 1. The SMILES string of the molecule is CC.Cc1ccc(OCCN2CC(F)(F)C2)cc1. The molecule has 1 heterocycles. The first-order chi connectivity index (χ1) is 8.55. The molecule has 1 fully saturated rings. The van der Waals surface area contributed by atoms with E-state index in [1.807, 2.05) is 45.0 Å². The van der Waals surface area contributed by atoms with E-state index < -0.39 is 5.92 Å². The van der Waals surface area contributed by atoms with Crippen LogP contribution in [-0.4, -0.2) is 37.1 Å². The third-order valence-corrected chi connectivity index (χ3v) is 2.61. The van der Waals surface area contributed by atoms with Crippen LogP contribution in [-0.2, 0) is 0 Å². The summed E-state index contributed by atoms with van der Waals surface area (Å²) in [5.74, 6) is -1.69. The smallest absolute Gasteiger partial charge is 0.272 e. The summed E-state index contributed by atoms with van der Waals surface area (Å²) < 4.78 is 30.4. The summed E-state index contributed by atoms with van der Waals surface area (Å²) in [4.78, 5) is 1.69. The second-order valence-corrected chi connectivity index (χ2v) is 4.23. The number of alkyl halides is 2. The highest BCUT2D eigenvalue weighted by atomic mass is 19.3. The Bertz CT molecular complexity index is 343.